The first-order chi connectivity index (χ1) is 9.58. The maximum absolute atomic E-state index is 12.0. The van der Waals surface area contributed by atoms with Crippen LogP contribution in [0.2, 0.25) is 0 Å². The standard InChI is InChI=1S/C15H23N3O2/c1-4-16-15(20)17-14(19)12(3)18(5-2)11-13-9-7-6-8-10-13/h6-10,12H,4-5,11H2,1-3H3,(H2,16,17,19,20). The molecule has 2 N–H and O–H groups in total. The lowest BCUT2D eigenvalue weighted by Gasteiger charge is -2.26. The monoisotopic (exact) mass is 277 g/mol. The van der Waals surface area contributed by atoms with Crippen molar-refractivity contribution in [3.05, 3.63) is 35.9 Å². The number of nitrogens with one attached hydrogen (secondary N) is 2. The lowest BCUT2D eigenvalue weighted by atomic mass is 10.1. The number of amides is 3. The first kappa shape index (κ1) is 16.2. The van der Waals surface area contributed by atoms with E-state index < -0.39 is 6.03 Å². The highest BCUT2D eigenvalue weighted by atomic mass is 16.2. The van der Waals surface area contributed by atoms with E-state index in [4.69, 9.17) is 0 Å². The Labute approximate surface area is 120 Å². The summed E-state index contributed by atoms with van der Waals surface area (Å²) in [6.45, 7) is 7.52. The molecular weight excluding hydrogens is 254 g/mol. The van der Waals surface area contributed by atoms with Crippen molar-refractivity contribution in [3.63, 3.8) is 0 Å². The Morgan fingerprint density at radius 1 is 1.20 bits per heavy atom. The minimum Gasteiger partial charge on any atom is -0.338 e. The van der Waals surface area contributed by atoms with Gasteiger partial charge in [-0.05, 0) is 26.0 Å². The molecule has 0 aliphatic rings. The summed E-state index contributed by atoms with van der Waals surface area (Å²) in [5.74, 6) is -0.284. The second-order valence-electron chi connectivity index (χ2n) is 4.57. The Balaban J connectivity index is 2.60. The number of urea groups is 1. The van der Waals surface area contributed by atoms with Gasteiger partial charge in [-0.3, -0.25) is 15.0 Å². The number of likely N-dealkylation sites (N-methyl/N-ethyl adjacent to an activating group) is 1. The summed E-state index contributed by atoms with van der Waals surface area (Å²) in [6, 6.07) is 9.16. The van der Waals surface area contributed by atoms with Crippen molar-refractivity contribution in [2.24, 2.45) is 0 Å². The third-order valence-corrected chi connectivity index (χ3v) is 3.14. The zero-order valence-corrected chi connectivity index (χ0v) is 12.3. The van der Waals surface area contributed by atoms with E-state index in [2.05, 4.69) is 10.6 Å². The van der Waals surface area contributed by atoms with Crippen LogP contribution in [0.1, 0.15) is 26.3 Å². The maximum Gasteiger partial charge on any atom is 0.321 e. The molecule has 1 rings (SSSR count). The van der Waals surface area contributed by atoms with E-state index >= 15 is 0 Å². The fourth-order valence-electron chi connectivity index (χ4n) is 1.93. The Kier molecular flexibility index (Phi) is 6.73. The molecule has 0 saturated carbocycles. The summed E-state index contributed by atoms with van der Waals surface area (Å²) in [7, 11) is 0. The minimum atomic E-state index is -0.444. The molecular formula is C15H23N3O2. The highest BCUT2D eigenvalue weighted by Gasteiger charge is 2.21. The predicted octanol–water partition coefficient (Wildman–Crippen LogP) is 1.74. The Morgan fingerprint density at radius 2 is 1.85 bits per heavy atom. The van der Waals surface area contributed by atoms with Crippen LogP contribution < -0.4 is 10.6 Å². The van der Waals surface area contributed by atoms with Crippen molar-refractivity contribution in [3.8, 4) is 0 Å². The van der Waals surface area contributed by atoms with Gasteiger partial charge in [0.1, 0.15) is 0 Å². The number of nitrogens with zero attached hydrogens (tertiary/aromatic N) is 1. The molecule has 0 spiro atoms. The third kappa shape index (κ3) is 5.01. The van der Waals surface area contributed by atoms with Gasteiger partial charge < -0.3 is 5.32 Å². The topological polar surface area (TPSA) is 61.4 Å². The van der Waals surface area contributed by atoms with Crippen LogP contribution in [0, 0.1) is 0 Å². The number of hydrogen-bond acceptors (Lipinski definition) is 3. The van der Waals surface area contributed by atoms with E-state index in [-0.39, 0.29) is 11.9 Å². The molecule has 0 aliphatic heterocycles. The average Bonchev–Trinajstić information content (AvgIpc) is 2.45. The Morgan fingerprint density at radius 3 is 2.40 bits per heavy atom. The van der Waals surface area contributed by atoms with Gasteiger partial charge in [0.05, 0.1) is 6.04 Å². The summed E-state index contributed by atoms with van der Waals surface area (Å²) in [6.07, 6.45) is 0. The van der Waals surface area contributed by atoms with Gasteiger partial charge in [-0.2, -0.15) is 0 Å². The van der Waals surface area contributed by atoms with Crippen LogP contribution in [0.5, 0.6) is 0 Å². The number of imide groups is 1. The molecule has 0 bridgehead atoms. The molecule has 1 aromatic rings. The van der Waals surface area contributed by atoms with E-state index in [9.17, 15) is 9.59 Å². The average molecular weight is 277 g/mol. The number of carbonyl (C=O) groups excluding carboxylic acids is 2. The number of hydrogen-bond donors (Lipinski definition) is 2. The molecule has 0 aromatic heterocycles. The van der Waals surface area contributed by atoms with Crippen LogP contribution in [-0.4, -0.2) is 36.0 Å². The van der Waals surface area contributed by atoms with Crippen molar-refractivity contribution < 1.29 is 9.59 Å². The molecule has 20 heavy (non-hydrogen) atoms. The highest BCUT2D eigenvalue weighted by Crippen LogP contribution is 2.08. The van der Waals surface area contributed by atoms with Gasteiger partial charge in [-0.25, -0.2) is 4.79 Å². The second kappa shape index (κ2) is 8.32. The van der Waals surface area contributed by atoms with Gasteiger partial charge in [0.15, 0.2) is 0 Å². The van der Waals surface area contributed by atoms with Crippen molar-refractivity contribution >= 4 is 11.9 Å². The van der Waals surface area contributed by atoms with Gasteiger partial charge >= 0.3 is 6.03 Å². The van der Waals surface area contributed by atoms with Gasteiger partial charge in [-0.1, -0.05) is 37.3 Å². The molecule has 5 heteroatoms. The zero-order chi connectivity index (χ0) is 15.0. The largest absolute Gasteiger partial charge is 0.338 e. The normalized spacial score (nSPS) is 12.0. The quantitative estimate of drug-likeness (QED) is 0.832. The fraction of sp³-hybridized carbons (Fsp3) is 0.467. The molecule has 110 valence electrons. The fourth-order valence-corrected chi connectivity index (χ4v) is 1.93. The summed E-state index contributed by atoms with van der Waals surface area (Å²) < 4.78 is 0. The molecule has 0 fully saturated rings. The molecule has 0 radical (unpaired) electrons. The molecule has 0 saturated heterocycles. The molecule has 0 heterocycles. The van der Waals surface area contributed by atoms with Crippen LogP contribution in [-0.2, 0) is 11.3 Å². The maximum atomic E-state index is 12.0. The smallest absolute Gasteiger partial charge is 0.321 e. The summed E-state index contributed by atoms with van der Waals surface area (Å²) >= 11 is 0. The first-order valence-corrected chi connectivity index (χ1v) is 6.95. The van der Waals surface area contributed by atoms with Gasteiger partial charge in [0.25, 0.3) is 0 Å². The second-order valence-corrected chi connectivity index (χ2v) is 4.57. The molecule has 0 aliphatic carbocycles. The highest BCUT2D eigenvalue weighted by molar-refractivity contribution is 5.96. The summed E-state index contributed by atoms with van der Waals surface area (Å²) in [5, 5.41) is 4.90. The Hall–Kier alpha value is -1.88. The van der Waals surface area contributed by atoms with Crippen molar-refractivity contribution in [1.82, 2.24) is 15.5 Å². The van der Waals surface area contributed by atoms with Crippen molar-refractivity contribution in [2.75, 3.05) is 13.1 Å². The molecule has 1 aromatic carbocycles. The number of benzene rings is 1. The lowest BCUT2D eigenvalue weighted by molar-refractivity contribution is -0.124. The SMILES string of the molecule is CCNC(=O)NC(=O)C(C)N(CC)Cc1ccccc1. The predicted molar refractivity (Wildman–Crippen MR) is 79.2 cm³/mol. The first-order valence-electron chi connectivity index (χ1n) is 6.95. The lowest BCUT2D eigenvalue weighted by Crippen LogP contribution is -2.49. The molecule has 1 unspecified atom stereocenters. The van der Waals surface area contributed by atoms with E-state index in [1.54, 1.807) is 13.8 Å². The van der Waals surface area contributed by atoms with Crippen LogP contribution in [0.15, 0.2) is 30.3 Å². The molecule has 5 nitrogen and oxygen atoms in total. The van der Waals surface area contributed by atoms with Gasteiger partial charge in [0, 0.05) is 13.1 Å². The number of rotatable bonds is 6. The zero-order valence-electron chi connectivity index (χ0n) is 12.3. The Bertz CT molecular complexity index is 434. The molecule has 3 amide bonds. The van der Waals surface area contributed by atoms with Crippen LogP contribution in [0.4, 0.5) is 4.79 Å². The van der Waals surface area contributed by atoms with E-state index in [0.717, 1.165) is 12.1 Å². The minimum absolute atomic E-state index is 0.284. The van der Waals surface area contributed by atoms with Gasteiger partial charge in [-0.15, -0.1) is 0 Å². The van der Waals surface area contributed by atoms with E-state index in [1.165, 1.54) is 0 Å². The van der Waals surface area contributed by atoms with Crippen molar-refractivity contribution in [1.29, 1.82) is 0 Å². The van der Waals surface area contributed by atoms with Crippen molar-refractivity contribution in [2.45, 2.75) is 33.4 Å². The number of carbonyl (C=O) groups is 2. The van der Waals surface area contributed by atoms with E-state index in [0.29, 0.717) is 13.1 Å². The van der Waals surface area contributed by atoms with Crippen LogP contribution in [0.3, 0.4) is 0 Å². The van der Waals surface area contributed by atoms with Crippen LogP contribution >= 0.6 is 0 Å². The molecule has 1 atom stereocenters. The van der Waals surface area contributed by atoms with E-state index in [1.807, 2.05) is 42.2 Å². The summed E-state index contributed by atoms with van der Waals surface area (Å²) in [5.41, 5.74) is 1.15. The summed E-state index contributed by atoms with van der Waals surface area (Å²) in [4.78, 5) is 25.4. The van der Waals surface area contributed by atoms with Crippen LogP contribution in [0.25, 0.3) is 0 Å². The third-order valence-electron chi connectivity index (χ3n) is 3.14. The van der Waals surface area contributed by atoms with Gasteiger partial charge in [0.2, 0.25) is 5.91 Å².